The summed E-state index contributed by atoms with van der Waals surface area (Å²) in [5, 5.41) is 8.06. The van der Waals surface area contributed by atoms with Gasteiger partial charge in [-0.25, -0.2) is 9.49 Å². The van der Waals surface area contributed by atoms with Crippen molar-refractivity contribution < 1.29 is 13.9 Å². The maximum Gasteiger partial charge on any atom is 0.272 e. The van der Waals surface area contributed by atoms with Crippen LogP contribution in [-0.2, 0) is 11.2 Å². The second-order valence-electron chi connectivity index (χ2n) is 9.77. The number of likely N-dealkylation sites (tertiary alicyclic amines) is 1. The molecule has 5 rings (SSSR count). The number of benzene rings is 2. The number of aromatic nitrogens is 2. The Bertz CT molecular complexity index is 1260. The first kappa shape index (κ1) is 22.7. The molecule has 0 atom stereocenters. The molecule has 2 aromatic carbocycles. The Morgan fingerprint density at radius 2 is 1.91 bits per heavy atom. The molecule has 1 aromatic heterocycles. The molecule has 2 fully saturated rings. The Morgan fingerprint density at radius 1 is 1.18 bits per heavy atom. The summed E-state index contributed by atoms with van der Waals surface area (Å²) in [7, 11) is 0. The van der Waals surface area contributed by atoms with Gasteiger partial charge in [-0.3, -0.25) is 9.59 Å². The minimum atomic E-state index is -0.509. The van der Waals surface area contributed by atoms with Gasteiger partial charge in [-0.15, -0.1) is 0 Å². The second-order valence-corrected chi connectivity index (χ2v) is 9.77. The van der Waals surface area contributed by atoms with Crippen molar-refractivity contribution >= 4 is 16.7 Å². The van der Waals surface area contributed by atoms with Crippen LogP contribution in [0.4, 0.5) is 4.39 Å². The third-order valence-electron chi connectivity index (χ3n) is 7.30. The van der Waals surface area contributed by atoms with Crippen molar-refractivity contribution in [1.29, 1.82) is 0 Å². The number of hydrogen-bond donors (Lipinski definition) is 1. The van der Waals surface area contributed by atoms with E-state index in [2.05, 4.69) is 17.1 Å². The minimum absolute atomic E-state index is 0.0982. The number of rotatable bonds is 6. The van der Waals surface area contributed by atoms with Gasteiger partial charge < -0.3 is 9.64 Å². The van der Waals surface area contributed by atoms with Crippen molar-refractivity contribution in [1.82, 2.24) is 15.1 Å². The van der Waals surface area contributed by atoms with Crippen molar-refractivity contribution in [2.75, 3.05) is 19.7 Å². The standard InChI is InChI=1S/C27H30FN3O3/c1-2-13-34-19-9-11-27(12-10-19)16-31(17-27)26(33)22-14-18(7-8-23(22)28)15-24-20-5-3-4-6-21(20)25(32)30-29-24/h3-8,14,19H,2,9-13,15-17H2,1H3,(H,30,32). The zero-order chi connectivity index (χ0) is 23.7. The van der Waals surface area contributed by atoms with Crippen LogP contribution in [0.3, 0.4) is 0 Å². The molecule has 1 spiro atoms. The summed E-state index contributed by atoms with van der Waals surface area (Å²) in [5.41, 5.74) is 1.48. The molecule has 1 aliphatic carbocycles. The van der Waals surface area contributed by atoms with Gasteiger partial charge in [0.2, 0.25) is 0 Å². The Labute approximate surface area is 198 Å². The van der Waals surface area contributed by atoms with Crippen LogP contribution in [-0.4, -0.2) is 46.8 Å². The van der Waals surface area contributed by atoms with Crippen molar-refractivity contribution in [3.63, 3.8) is 0 Å². The number of ether oxygens (including phenoxy) is 1. The van der Waals surface area contributed by atoms with E-state index in [9.17, 15) is 14.0 Å². The maximum absolute atomic E-state index is 14.7. The molecule has 1 amide bonds. The van der Waals surface area contributed by atoms with Crippen molar-refractivity contribution in [2.24, 2.45) is 5.41 Å². The molecule has 2 heterocycles. The fraction of sp³-hybridized carbons (Fsp3) is 0.444. The number of carbonyl (C=O) groups is 1. The van der Waals surface area contributed by atoms with E-state index in [1.165, 1.54) is 6.07 Å². The number of hydrogen-bond acceptors (Lipinski definition) is 4. The number of fused-ring (bicyclic) bond motifs is 1. The van der Waals surface area contributed by atoms with Gasteiger partial charge in [-0.1, -0.05) is 31.2 Å². The van der Waals surface area contributed by atoms with Gasteiger partial charge >= 0.3 is 0 Å². The van der Waals surface area contributed by atoms with Crippen LogP contribution in [0, 0.1) is 11.2 Å². The van der Waals surface area contributed by atoms with Crippen LogP contribution in [0.5, 0.6) is 0 Å². The summed E-state index contributed by atoms with van der Waals surface area (Å²) in [6.45, 7) is 4.29. The highest BCUT2D eigenvalue weighted by Gasteiger charge is 2.47. The number of H-pyrrole nitrogens is 1. The molecular formula is C27H30FN3O3. The first-order chi connectivity index (χ1) is 16.5. The van der Waals surface area contributed by atoms with Crippen molar-refractivity contribution in [3.05, 3.63) is 75.5 Å². The molecule has 7 heteroatoms. The second kappa shape index (κ2) is 9.29. The molecule has 0 bridgehead atoms. The third-order valence-corrected chi connectivity index (χ3v) is 7.30. The molecule has 1 aliphatic heterocycles. The van der Waals surface area contributed by atoms with Gasteiger partial charge in [0.25, 0.3) is 11.5 Å². The molecule has 2 aliphatic rings. The lowest BCUT2D eigenvalue weighted by Crippen LogP contribution is -2.60. The average molecular weight is 464 g/mol. The van der Waals surface area contributed by atoms with Crippen LogP contribution < -0.4 is 5.56 Å². The number of nitrogens with one attached hydrogen (secondary N) is 1. The highest BCUT2D eigenvalue weighted by atomic mass is 19.1. The SMILES string of the molecule is CCCOC1CCC2(CC1)CN(C(=O)c1cc(Cc3n[nH]c(=O)c4ccccc34)ccc1F)C2. The zero-order valence-corrected chi connectivity index (χ0v) is 19.5. The lowest BCUT2D eigenvalue weighted by Gasteiger charge is -2.53. The summed E-state index contributed by atoms with van der Waals surface area (Å²) in [5.74, 6) is -0.765. The average Bonchev–Trinajstić information content (AvgIpc) is 2.84. The lowest BCUT2D eigenvalue weighted by atomic mass is 9.67. The Kier molecular flexibility index (Phi) is 6.21. The molecule has 1 saturated heterocycles. The smallest absolute Gasteiger partial charge is 0.272 e. The molecule has 178 valence electrons. The molecule has 1 saturated carbocycles. The number of aromatic amines is 1. The van der Waals surface area contributed by atoms with Crippen molar-refractivity contribution in [2.45, 2.75) is 51.6 Å². The van der Waals surface area contributed by atoms with E-state index in [0.717, 1.165) is 49.7 Å². The van der Waals surface area contributed by atoms with Crippen molar-refractivity contribution in [3.8, 4) is 0 Å². The monoisotopic (exact) mass is 463 g/mol. The van der Waals surface area contributed by atoms with Gasteiger partial charge in [0, 0.05) is 36.9 Å². The summed E-state index contributed by atoms with van der Waals surface area (Å²) in [4.78, 5) is 27.0. The number of nitrogens with zero attached hydrogens (tertiary/aromatic N) is 2. The predicted molar refractivity (Wildman–Crippen MR) is 128 cm³/mol. The highest BCUT2D eigenvalue weighted by molar-refractivity contribution is 5.95. The van der Waals surface area contributed by atoms with Crippen LogP contribution in [0.1, 0.15) is 60.6 Å². The molecular weight excluding hydrogens is 433 g/mol. The molecule has 6 nitrogen and oxygen atoms in total. The summed E-state index contributed by atoms with van der Waals surface area (Å²) < 4.78 is 20.6. The molecule has 1 N–H and O–H groups in total. The molecule has 0 unspecified atom stereocenters. The largest absolute Gasteiger partial charge is 0.378 e. The fourth-order valence-electron chi connectivity index (χ4n) is 5.39. The van der Waals surface area contributed by atoms with Gasteiger partial charge in [0.1, 0.15) is 5.82 Å². The zero-order valence-electron chi connectivity index (χ0n) is 19.5. The Hall–Kier alpha value is -3.06. The van der Waals surface area contributed by atoms with Crippen LogP contribution in [0.15, 0.2) is 47.3 Å². The summed E-state index contributed by atoms with van der Waals surface area (Å²) in [6, 6.07) is 11.9. The normalized spacial score (nSPS) is 17.8. The van der Waals surface area contributed by atoms with Gasteiger partial charge in [-0.2, -0.15) is 5.10 Å². The van der Waals surface area contributed by atoms with Crippen LogP contribution in [0.2, 0.25) is 0 Å². The highest BCUT2D eigenvalue weighted by Crippen LogP contribution is 2.45. The van der Waals surface area contributed by atoms with Gasteiger partial charge in [-0.05, 0) is 55.9 Å². The maximum atomic E-state index is 14.7. The van der Waals surface area contributed by atoms with E-state index in [4.69, 9.17) is 4.74 Å². The Morgan fingerprint density at radius 3 is 2.65 bits per heavy atom. The number of carbonyl (C=O) groups excluding carboxylic acids is 1. The van der Waals surface area contributed by atoms with Crippen LogP contribution >= 0.6 is 0 Å². The van der Waals surface area contributed by atoms with E-state index in [0.29, 0.717) is 36.7 Å². The van der Waals surface area contributed by atoms with Crippen LogP contribution in [0.25, 0.3) is 10.8 Å². The van der Waals surface area contributed by atoms with E-state index in [-0.39, 0.29) is 22.4 Å². The van der Waals surface area contributed by atoms with Gasteiger partial charge in [0.05, 0.1) is 22.7 Å². The first-order valence-electron chi connectivity index (χ1n) is 12.1. The predicted octanol–water partition coefficient (Wildman–Crippen LogP) is 4.46. The molecule has 3 aromatic rings. The third kappa shape index (κ3) is 4.37. The first-order valence-corrected chi connectivity index (χ1v) is 12.1. The molecule has 34 heavy (non-hydrogen) atoms. The summed E-state index contributed by atoms with van der Waals surface area (Å²) in [6.07, 6.45) is 5.93. The van der Waals surface area contributed by atoms with E-state index >= 15 is 0 Å². The fourth-order valence-corrected chi connectivity index (χ4v) is 5.39. The topological polar surface area (TPSA) is 75.3 Å². The quantitative estimate of drug-likeness (QED) is 0.586. The summed E-state index contributed by atoms with van der Waals surface area (Å²) >= 11 is 0. The molecule has 0 radical (unpaired) electrons. The number of halogens is 1. The number of amides is 1. The van der Waals surface area contributed by atoms with E-state index in [1.807, 2.05) is 12.1 Å². The minimum Gasteiger partial charge on any atom is -0.378 e. The lowest BCUT2D eigenvalue weighted by molar-refractivity contribution is -0.0588. The Balaban J connectivity index is 1.28. The van der Waals surface area contributed by atoms with E-state index in [1.54, 1.807) is 29.2 Å². The van der Waals surface area contributed by atoms with Gasteiger partial charge in [0.15, 0.2) is 0 Å². The van der Waals surface area contributed by atoms with E-state index < -0.39 is 5.82 Å².